The number of aliphatic hydroxyl groups is 1. The summed E-state index contributed by atoms with van der Waals surface area (Å²) < 4.78 is 0. The smallest absolute Gasteiger partial charge is 0.141 e. The number of aliphatic hydroxyl groups excluding tert-OH is 1. The molecule has 0 bridgehead atoms. The standard InChI is InChI=1S/C19H23N3OS/c1-5-22(8-9-23)18-17-16(14(4)24-19(17)21-11-20-18)15-7-6-12(2)13(3)10-15/h6-7,10-11,23H,5,8-9H2,1-4H3. The van der Waals surface area contributed by atoms with Crippen LogP contribution in [0, 0.1) is 20.8 Å². The lowest BCUT2D eigenvalue weighted by Crippen LogP contribution is -2.27. The fourth-order valence-electron chi connectivity index (χ4n) is 3.05. The van der Waals surface area contributed by atoms with E-state index in [0.717, 1.165) is 22.6 Å². The lowest BCUT2D eigenvalue weighted by molar-refractivity contribution is 0.302. The van der Waals surface area contributed by atoms with Crippen LogP contribution in [0.3, 0.4) is 0 Å². The number of aryl methyl sites for hydroxylation is 3. The maximum absolute atomic E-state index is 9.38. The van der Waals surface area contributed by atoms with E-state index in [4.69, 9.17) is 0 Å². The third-order valence-electron chi connectivity index (χ3n) is 4.49. The zero-order chi connectivity index (χ0) is 17.3. The lowest BCUT2D eigenvalue weighted by atomic mass is 9.99. The molecule has 126 valence electrons. The lowest BCUT2D eigenvalue weighted by Gasteiger charge is -2.22. The van der Waals surface area contributed by atoms with Crippen molar-refractivity contribution in [2.45, 2.75) is 27.7 Å². The van der Waals surface area contributed by atoms with E-state index in [9.17, 15) is 5.11 Å². The molecule has 0 saturated carbocycles. The average Bonchev–Trinajstić information content (AvgIpc) is 2.91. The molecular formula is C19H23N3OS. The van der Waals surface area contributed by atoms with Gasteiger partial charge >= 0.3 is 0 Å². The molecule has 5 heteroatoms. The van der Waals surface area contributed by atoms with Gasteiger partial charge in [-0.1, -0.05) is 18.2 Å². The molecule has 3 aromatic rings. The quantitative estimate of drug-likeness (QED) is 0.759. The summed E-state index contributed by atoms with van der Waals surface area (Å²) in [4.78, 5) is 13.4. The number of fused-ring (bicyclic) bond motifs is 1. The number of hydrogen-bond acceptors (Lipinski definition) is 5. The fourth-order valence-corrected chi connectivity index (χ4v) is 4.05. The van der Waals surface area contributed by atoms with Crippen molar-refractivity contribution in [3.8, 4) is 11.1 Å². The SMILES string of the molecule is CCN(CCO)c1ncnc2sc(C)c(-c3ccc(C)c(C)c3)c12. The molecule has 3 rings (SSSR count). The highest BCUT2D eigenvalue weighted by Gasteiger charge is 2.19. The van der Waals surface area contributed by atoms with E-state index in [1.807, 2.05) is 0 Å². The first kappa shape index (κ1) is 16.9. The van der Waals surface area contributed by atoms with Crippen LogP contribution < -0.4 is 4.90 Å². The molecule has 0 spiro atoms. The predicted molar refractivity (Wildman–Crippen MR) is 102 cm³/mol. The van der Waals surface area contributed by atoms with Crippen molar-refractivity contribution in [1.82, 2.24) is 9.97 Å². The van der Waals surface area contributed by atoms with Gasteiger partial charge in [0.25, 0.3) is 0 Å². The van der Waals surface area contributed by atoms with Crippen molar-refractivity contribution in [1.29, 1.82) is 0 Å². The van der Waals surface area contributed by atoms with Crippen LogP contribution in [-0.2, 0) is 0 Å². The van der Waals surface area contributed by atoms with Crippen LogP contribution in [0.4, 0.5) is 5.82 Å². The Hall–Kier alpha value is -1.98. The second kappa shape index (κ2) is 6.87. The first-order valence-electron chi connectivity index (χ1n) is 8.24. The average molecular weight is 341 g/mol. The Morgan fingerprint density at radius 2 is 1.92 bits per heavy atom. The van der Waals surface area contributed by atoms with E-state index in [0.29, 0.717) is 6.54 Å². The zero-order valence-corrected chi connectivity index (χ0v) is 15.4. The molecule has 24 heavy (non-hydrogen) atoms. The molecule has 2 heterocycles. The van der Waals surface area contributed by atoms with E-state index in [1.54, 1.807) is 17.7 Å². The number of benzene rings is 1. The first-order valence-corrected chi connectivity index (χ1v) is 9.06. The molecule has 0 amide bonds. The summed E-state index contributed by atoms with van der Waals surface area (Å²) >= 11 is 1.70. The molecule has 4 nitrogen and oxygen atoms in total. The predicted octanol–water partition coefficient (Wildman–Crippen LogP) is 4.10. The van der Waals surface area contributed by atoms with Gasteiger partial charge in [-0.15, -0.1) is 11.3 Å². The van der Waals surface area contributed by atoms with E-state index in [-0.39, 0.29) is 6.61 Å². The first-order chi connectivity index (χ1) is 11.6. The molecular weight excluding hydrogens is 318 g/mol. The highest BCUT2D eigenvalue weighted by atomic mass is 32.1. The minimum Gasteiger partial charge on any atom is -0.395 e. The summed E-state index contributed by atoms with van der Waals surface area (Å²) in [6.45, 7) is 9.98. The van der Waals surface area contributed by atoms with Crippen molar-refractivity contribution in [3.05, 3.63) is 40.5 Å². The van der Waals surface area contributed by atoms with Gasteiger partial charge in [0.1, 0.15) is 17.0 Å². The van der Waals surface area contributed by atoms with Gasteiger partial charge in [-0.05, 0) is 44.4 Å². The largest absolute Gasteiger partial charge is 0.395 e. The van der Waals surface area contributed by atoms with Crippen LogP contribution >= 0.6 is 11.3 Å². The number of aromatic nitrogens is 2. The highest BCUT2D eigenvalue weighted by Crippen LogP contribution is 2.41. The van der Waals surface area contributed by atoms with Crippen molar-refractivity contribution in [2.75, 3.05) is 24.6 Å². The minimum absolute atomic E-state index is 0.113. The Labute approximate surface area is 146 Å². The third-order valence-corrected chi connectivity index (χ3v) is 5.50. The van der Waals surface area contributed by atoms with Crippen LogP contribution in [0.5, 0.6) is 0 Å². The maximum Gasteiger partial charge on any atom is 0.141 e. The normalized spacial score (nSPS) is 11.2. The van der Waals surface area contributed by atoms with Gasteiger partial charge in [-0.2, -0.15) is 0 Å². The molecule has 0 aliphatic rings. The highest BCUT2D eigenvalue weighted by molar-refractivity contribution is 7.19. The van der Waals surface area contributed by atoms with Gasteiger partial charge in [-0.25, -0.2) is 9.97 Å². The molecule has 0 aliphatic carbocycles. The van der Waals surface area contributed by atoms with E-state index in [1.165, 1.54) is 27.1 Å². The molecule has 0 saturated heterocycles. The molecule has 0 atom stereocenters. The van der Waals surface area contributed by atoms with Gasteiger partial charge in [-0.3, -0.25) is 0 Å². The number of rotatable bonds is 5. The third kappa shape index (κ3) is 2.89. The van der Waals surface area contributed by atoms with Crippen LogP contribution in [0.1, 0.15) is 22.9 Å². The fraction of sp³-hybridized carbons (Fsp3) is 0.368. The van der Waals surface area contributed by atoms with Gasteiger partial charge in [0, 0.05) is 23.5 Å². The van der Waals surface area contributed by atoms with Crippen molar-refractivity contribution >= 4 is 27.4 Å². The minimum atomic E-state index is 0.113. The molecule has 2 aromatic heterocycles. The van der Waals surface area contributed by atoms with E-state index in [2.05, 4.69) is 60.8 Å². The van der Waals surface area contributed by atoms with Gasteiger partial charge in [0.2, 0.25) is 0 Å². The molecule has 0 aliphatic heterocycles. The molecule has 0 unspecified atom stereocenters. The summed E-state index contributed by atoms with van der Waals surface area (Å²) in [6.07, 6.45) is 1.62. The van der Waals surface area contributed by atoms with Crippen LogP contribution in [-0.4, -0.2) is 34.8 Å². The van der Waals surface area contributed by atoms with Gasteiger partial charge in [0.15, 0.2) is 0 Å². The van der Waals surface area contributed by atoms with Gasteiger partial charge < -0.3 is 10.0 Å². The summed E-state index contributed by atoms with van der Waals surface area (Å²) in [5.41, 5.74) is 5.00. The van der Waals surface area contributed by atoms with Gasteiger partial charge in [0.05, 0.1) is 12.0 Å². The summed E-state index contributed by atoms with van der Waals surface area (Å²) in [5.74, 6) is 0.911. The van der Waals surface area contributed by atoms with Crippen LogP contribution in [0.2, 0.25) is 0 Å². The van der Waals surface area contributed by atoms with E-state index < -0.39 is 0 Å². The Morgan fingerprint density at radius 1 is 1.12 bits per heavy atom. The zero-order valence-electron chi connectivity index (χ0n) is 14.6. The Morgan fingerprint density at radius 3 is 2.58 bits per heavy atom. The van der Waals surface area contributed by atoms with Crippen molar-refractivity contribution in [3.63, 3.8) is 0 Å². The Balaban J connectivity index is 2.27. The number of hydrogen-bond donors (Lipinski definition) is 1. The molecule has 0 fully saturated rings. The summed E-state index contributed by atoms with van der Waals surface area (Å²) in [5, 5.41) is 10.5. The van der Waals surface area contributed by atoms with Crippen molar-refractivity contribution in [2.24, 2.45) is 0 Å². The number of anilines is 1. The summed E-state index contributed by atoms with van der Waals surface area (Å²) in [6, 6.07) is 6.58. The Bertz CT molecular complexity index is 872. The van der Waals surface area contributed by atoms with Crippen LogP contribution in [0.15, 0.2) is 24.5 Å². The van der Waals surface area contributed by atoms with E-state index >= 15 is 0 Å². The number of thiophene rings is 1. The molecule has 1 N–H and O–H groups in total. The second-order valence-corrected chi connectivity index (χ2v) is 7.22. The van der Waals surface area contributed by atoms with Crippen LogP contribution in [0.25, 0.3) is 21.3 Å². The molecule has 0 radical (unpaired) electrons. The second-order valence-electron chi connectivity index (χ2n) is 6.01. The Kier molecular flexibility index (Phi) is 4.83. The number of likely N-dealkylation sites (N-methyl/N-ethyl adjacent to an activating group) is 1. The monoisotopic (exact) mass is 341 g/mol. The van der Waals surface area contributed by atoms with Crippen molar-refractivity contribution < 1.29 is 5.11 Å². The summed E-state index contributed by atoms with van der Waals surface area (Å²) in [7, 11) is 0. The molecule has 1 aromatic carbocycles. The topological polar surface area (TPSA) is 49.2 Å². The number of nitrogens with zero attached hydrogens (tertiary/aromatic N) is 3. The maximum atomic E-state index is 9.38.